The van der Waals surface area contributed by atoms with Crippen LogP contribution in [0, 0.1) is 5.92 Å². The molecule has 0 saturated carbocycles. The molecule has 1 saturated heterocycles. The maximum absolute atomic E-state index is 12.1. The zero-order chi connectivity index (χ0) is 16.7. The SMILES string of the molecule is CC(C)CCNC(=O)c1cncc(C(=O)NCC2CCCO2)c1. The van der Waals surface area contributed by atoms with Crippen LogP contribution in [0.4, 0.5) is 0 Å². The van der Waals surface area contributed by atoms with Crippen LogP contribution in [0.25, 0.3) is 0 Å². The van der Waals surface area contributed by atoms with E-state index in [-0.39, 0.29) is 17.9 Å². The van der Waals surface area contributed by atoms with Gasteiger partial charge in [0.15, 0.2) is 0 Å². The predicted molar refractivity (Wildman–Crippen MR) is 87.3 cm³/mol. The van der Waals surface area contributed by atoms with Crippen LogP contribution in [0.2, 0.25) is 0 Å². The Bertz CT molecular complexity index is 540. The summed E-state index contributed by atoms with van der Waals surface area (Å²) in [7, 11) is 0. The van der Waals surface area contributed by atoms with Crippen molar-refractivity contribution < 1.29 is 14.3 Å². The summed E-state index contributed by atoms with van der Waals surface area (Å²) in [5.41, 5.74) is 0.790. The van der Waals surface area contributed by atoms with Gasteiger partial charge in [0.2, 0.25) is 0 Å². The molecular formula is C17H25N3O3. The molecule has 1 fully saturated rings. The van der Waals surface area contributed by atoms with Gasteiger partial charge in [0, 0.05) is 32.1 Å². The number of ether oxygens (including phenoxy) is 1. The van der Waals surface area contributed by atoms with Crippen molar-refractivity contribution in [1.29, 1.82) is 0 Å². The highest BCUT2D eigenvalue weighted by molar-refractivity contribution is 5.99. The van der Waals surface area contributed by atoms with E-state index in [0.717, 1.165) is 25.9 Å². The molecule has 1 aliphatic heterocycles. The van der Waals surface area contributed by atoms with Gasteiger partial charge >= 0.3 is 0 Å². The second kappa shape index (κ2) is 8.62. The van der Waals surface area contributed by atoms with Crippen molar-refractivity contribution >= 4 is 11.8 Å². The summed E-state index contributed by atoms with van der Waals surface area (Å²) in [6, 6.07) is 1.57. The van der Waals surface area contributed by atoms with Gasteiger partial charge in [0.25, 0.3) is 11.8 Å². The Morgan fingerprint density at radius 1 is 1.26 bits per heavy atom. The first kappa shape index (κ1) is 17.4. The molecule has 2 N–H and O–H groups in total. The number of nitrogens with one attached hydrogen (secondary N) is 2. The standard InChI is InChI=1S/C17H25N3O3/c1-12(2)5-6-19-16(21)13-8-14(10-18-9-13)17(22)20-11-15-4-3-7-23-15/h8-10,12,15H,3-7,11H2,1-2H3,(H,19,21)(H,20,22). The summed E-state index contributed by atoms with van der Waals surface area (Å²) in [5, 5.41) is 5.67. The Labute approximate surface area is 137 Å². The number of carbonyl (C=O) groups excluding carboxylic acids is 2. The monoisotopic (exact) mass is 319 g/mol. The second-order valence-electron chi connectivity index (χ2n) is 6.25. The van der Waals surface area contributed by atoms with Crippen LogP contribution in [0.3, 0.4) is 0 Å². The van der Waals surface area contributed by atoms with E-state index in [0.29, 0.717) is 30.1 Å². The van der Waals surface area contributed by atoms with E-state index in [1.54, 1.807) is 6.07 Å². The van der Waals surface area contributed by atoms with E-state index in [1.165, 1.54) is 12.4 Å². The Hall–Kier alpha value is -1.95. The average molecular weight is 319 g/mol. The highest BCUT2D eigenvalue weighted by Gasteiger charge is 2.17. The summed E-state index contributed by atoms with van der Waals surface area (Å²) in [4.78, 5) is 28.2. The summed E-state index contributed by atoms with van der Waals surface area (Å²) < 4.78 is 5.47. The molecule has 23 heavy (non-hydrogen) atoms. The number of hydrogen-bond acceptors (Lipinski definition) is 4. The molecule has 1 aromatic rings. The lowest BCUT2D eigenvalue weighted by atomic mass is 10.1. The average Bonchev–Trinajstić information content (AvgIpc) is 3.05. The number of nitrogens with zero attached hydrogens (tertiary/aromatic N) is 1. The van der Waals surface area contributed by atoms with Gasteiger partial charge in [0.05, 0.1) is 17.2 Å². The highest BCUT2D eigenvalue weighted by atomic mass is 16.5. The molecular weight excluding hydrogens is 294 g/mol. The molecule has 6 nitrogen and oxygen atoms in total. The number of amides is 2. The topological polar surface area (TPSA) is 80.3 Å². The summed E-state index contributed by atoms with van der Waals surface area (Å²) >= 11 is 0. The van der Waals surface area contributed by atoms with Gasteiger partial charge in [-0.1, -0.05) is 13.8 Å². The number of rotatable bonds is 7. The zero-order valence-corrected chi connectivity index (χ0v) is 13.8. The molecule has 2 rings (SSSR count). The fourth-order valence-electron chi connectivity index (χ4n) is 2.38. The normalized spacial score (nSPS) is 17.3. The van der Waals surface area contributed by atoms with Crippen LogP contribution in [0.15, 0.2) is 18.5 Å². The fourth-order valence-corrected chi connectivity index (χ4v) is 2.38. The van der Waals surface area contributed by atoms with Crippen LogP contribution in [0.5, 0.6) is 0 Å². The molecule has 1 aliphatic rings. The van der Waals surface area contributed by atoms with Crippen molar-refractivity contribution in [1.82, 2.24) is 15.6 Å². The molecule has 0 bridgehead atoms. The quantitative estimate of drug-likeness (QED) is 0.802. The van der Waals surface area contributed by atoms with Gasteiger partial charge in [-0.05, 0) is 31.2 Å². The van der Waals surface area contributed by atoms with Crippen LogP contribution in [-0.2, 0) is 4.74 Å². The van der Waals surface area contributed by atoms with Crippen LogP contribution >= 0.6 is 0 Å². The van der Waals surface area contributed by atoms with Crippen molar-refractivity contribution in [2.75, 3.05) is 19.7 Å². The minimum Gasteiger partial charge on any atom is -0.376 e. The number of hydrogen-bond donors (Lipinski definition) is 2. The lowest BCUT2D eigenvalue weighted by Crippen LogP contribution is -2.32. The fraction of sp³-hybridized carbons (Fsp3) is 0.588. The molecule has 0 aromatic carbocycles. The maximum atomic E-state index is 12.1. The molecule has 126 valence electrons. The maximum Gasteiger partial charge on any atom is 0.252 e. The van der Waals surface area contributed by atoms with Gasteiger partial charge < -0.3 is 15.4 Å². The Morgan fingerprint density at radius 3 is 2.57 bits per heavy atom. The number of aromatic nitrogens is 1. The van der Waals surface area contributed by atoms with Gasteiger partial charge in [-0.25, -0.2) is 0 Å². The predicted octanol–water partition coefficient (Wildman–Crippen LogP) is 1.77. The minimum absolute atomic E-state index is 0.0921. The van der Waals surface area contributed by atoms with Crippen LogP contribution in [-0.4, -0.2) is 42.6 Å². The molecule has 1 aromatic heterocycles. The Kier molecular flexibility index (Phi) is 6.52. The van der Waals surface area contributed by atoms with Crippen LogP contribution < -0.4 is 10.6 Å². The van der Waals surface area contributed by atoms with Crippen molar-refractivity contribution in [2.45, 2.75) is 39.2 Å². The highest BCUT2D eigenvalue weighted by Crippen LogP contribution is 2.11. The van der Waals surface area contributed by atoms with E-state index in [2.05, 4.69) is 29.5 Å². The molecule has 0 spiro atoms. The lowest BCUT2D eigenvalue weighted by Gasteiger charge is -2.11. The van der Waals surface area contributed by atoms with Gasteiger partial charge in [0.1, 0.15) is 0 Å². The lowest BCUT2D eigenvalue weighted by molar-refractivity contribution is 0.0857. The van der Waals surface area contributed by atoms with E-state index >= 15 is 0 Å². The smallest absolute Gasteiger partial charge is 0.252 e. The summed E-state index contributed by atoms with van der Waals surface area (Å²) in [6.07, 6.45) is 5.96. The molecule has 6 heteroatoms. The van der Waals surface area contributed by atoms with Crippen molar-refractivity contribution in [2.24, 2.45) is 5.92 Å². The van der Waals surface area contributed by atoms with E-state index in [4.69, 9.17) is 4.74 Å². The first-order chi connectivity index (χ1) is 11.1. The molecule has 0 radical (unpaired) electrons. The van der Waals surface area contributed by atoms with Crippen molar-refractivity contribution in [3.8, 4) is 0 Å². The molecule has 2 heterocycles. The van der Waals surface area contributed by atoms with Crippen LogP contribution in [0.1, 0.15) is 53.8 Å². The summed E-state index contributed by atoms with van der Waals surface area (Å²) in [5.74, 6) is 0.0973. The van der Waals surface area contributed by atoms with Gasteiger partial charge in [-0.3, -0.25) is 14.6 Å². The van der Waals surface area contributed by atoms with Crippen molar-refractivity contribution in [3.63, 3.8) is 0 Å². The zero-order valence-electron chi connectivity index (χ0n) is 13.8. The number of pyridine rings is 1. The first-order valence-electron chi connectivity index (χ1n) is 8.19. The third-order valence-corrected chi connectivity index (χ3v) is 3.78. The Morgan fingerprint density at radius 2 is 1.96 bits per heavy atom. The van der Waals surface area contributed by atoms with Gasteiger partial charge in [-0.15, -0.1) is 0 Å². The van der Waals surface area contributed by atoms with Gasteiger partial charge in [-0.2, -0.15) is 0 Å². The third kappa shape index (κ3) is 5.63. The van der Waals surface area contributed by atoms with E-state index < -0.39 is 0 Å². The molecule has 1 atom stereocenters. The van der Waals surface area contributed by atoms with E-state index in [9.17, 15) is 9.59 Å². The van der Waals surface area contributed by atoms with E-state index in [1.807, 2.05) is 0 Å². The van der Waals surface area contributed by atoms with Crippen molar-refractivity contribution in [3.05, 3.63) is 29.6 Å². The Balaban J connectivity index is 1.87. The molecule has 2 amide bonds. The largest absolute Gasteiger partial charge is 0.376 e. The molecule has 1 unspecified atom stereocenters. The molecule has 0 aliphatic carbocycles. The summed E-state index contributed by atoms with van der Waals surface area (Å²) in [6.45, 7) is 6.07. The first-order valence-corrected chi connectivity index (χ1v) is 8.19. The third-order valence-electron chi connectivity index (χ3n) is 3.78. The minimum atomic E-state index is -0.232. The second-order valence-corrected chi connectivity index (χ2v) is 6.25. The number of carbonyl (C=O) groups is 2.